The summed E-state index contributed by atoms with van der Waals surface area (Å²) in [4.78, 5) is 16.0. The summed E-state index contributed by atoms with van der Waals surface area (Å²) in [6.45, 7) is 1.09. The SMILES string of the molecule is COCCCNC(=O)c1coc(C(N)Cc2ccc(O)cc2)n1. The minimum absolute atomic E-state index is 0.200. The number of nitrogens with two attached hydrogens (primary N) is 1. The number of methoxy groups -OCH3 is 1. The standard InChI is InChI=1S/C16H21N3O4/c1-22-8-2-7-18-15(21)14-10-23-16(19-14)13(17)9-11-3-5-12(20)6-4-11/h3-6,10,13,20H,2,7-9,17H2,1H3,(H,18,21). The summed E-state index contributed by atoms with van der Waals surface area (Å²) in [7, 11) is 1.61. The molecule has 0 aliphatic rings. The van der Waals surface area contributed by atoms with Crippen molar-refractivity contribution in [2.24, 2.45) is 5.73 Å². The summed E-state index contributed by atoms with van der Waals surface area (Å²) in [6, 6.07) is 6.28. The highest BCUT2D eigenvalue weighted by Gasteiger charge is 2.17. The van der Waals surface area contributed by atoms with Crippen molar-refractivity contribution >= 4 is 5.91 Å². The first kappa shape index (κ1) is 17.0. The average molecular weight is 319 g/mol. The summed E-state index contributed by atoms with van der Waals surface area (Å²) < 4.78 is 10.2. The van der Waals surface area contributed by atoms with Crippen molar-refractivity contribution in [3.05, 3.63) is 47.7 Å². The zero-order valence-electron chi connectivity index (χ0n) is 13.0. The number of amides is 1. The predicted molar refractivity (Wildman–Crippen MR) is 84.1 cm³/mol. The molecular weight excluding hydrogens is 298 g/mol. The molecule has 0 aliphatic carbocycles. The summed E-state index contributed by atoms with van der Waals surface area (Å²) in [5, 5.41) is 12.0. The fourth-order valence-corrected chi connectivity index (χ4v) is 2.04. The number of phenols is 1. The molecule has 1 atom stereocenters. The Morgan fingerprint density at radius 1 is 1.43 bits per heavy atom. The van der Waals surface area contributed by atoms with Gasteiger partial charge in [-0.2, -0.15) is 0 Å². The van der Waals surface area contributed by atoms with E-state index in [-0.39, 0.29) is 17.4 Å². The van der Waals surface area contributed by atoms with Crippen molar-refractivity contribution in [1.82, 2.24) is 10.3 Å². The normalized spacial score (nSPS) is 12.1. The first-order valence-corrected chi connectivity index (χ1v) is 7.36. The number of benzene rings is 1. The molecule has 4 N–H and O–H groups in total. The number of nitrogens with zero attached hydrogens (tertiary/aromatic N) is 1. The fraction of sp³-hybridized carbons (Fsp3) is 0.375. The lowest BCUT2D eigenvalue weighted by Gasteiger charge is -2.07. The molecule has 1 aromatic carbocycles. The highest BCUT2D eigenvalue weighted by atomic mass is 16.5. The van der Waals surface area contributed by atoms with Gasteiger partial charge in [0.15, 0.2) is 5.69 Å². The highest BCUT2D eigenvalue weighted by molar-refractivity contribution is 5.91. The van der Waals surface area contributed by atoms with Crippen molar-refractivity contribution in [3.63, 3.8) is 0 Å². The van der Waals surface area contributed by atoms with Gasteiger partial charge < -0.3 is 25.3 Å². The van der Waals surface area contributed by atoms with E-state index >= 15 is 0 Å². The van der Waals surface area contributed by atoms with Gasteiger partial charge in [-0.05, 0) is 30.5 Å². The van der Waals surface area contributed by atoms with Crippen LogP contribution in [0.25, 0.3) is 0 Å². The number of aromatic nitrogens is 1. The third-order valence-electron chi connectivity index (χ3n) is 3.27. The molecule has 7 nitrogen and oxygen atoms in total. The lowest BCUT2D eigenvalue weighted by Crippen LogP contribution is -2.25. The van der Waals surface area contributed by atoms with E-state index in [1.807, 2.05) is 0 Å². The smallest absolute Gasteiger partial charge is 0.273 e. The quantitative estimate of drug-likeness (QED) is 0.634. The number of nitrogens with one attached hydrogen (secondary N) is 1. The Bertz CT molecular complexity index is 625. The number of aromatic hydroxyl groups is 1. The number of hydrogen-bond acceptors (Lipinski definition) is 6. The van der Waals surface area contributed by atoms with Gasteiger partial charge in [0.2, 0.25) is 5.89 Å². The van der Waals surface area contributed by atoms with Crippen LogP contribution in [0.15, 0.2) is 34.9 Å². The topological polar surface area (TPSA) is 111 Å². The van der Waals surface area contributed by atoms with Gasteiger partial charge in [0, 0.05) is 20.3 Å². The lowest BCUT2D eigenvalue weighted by molar-refractivity contribution is 0.0943. The van der Waals surface area contributed by atoms with E-state index < -0.39 is 6.04 Å². The number of oxazole rings is 1. The van der Waals surface area contributed by atoms with E-state index in [0.29, 0.717) is 25.5 Å². The molecule has 2 aromatic rings. The largest absolute Gasteiger partial charge is 0.508 e. The van der Waals surface area contributed by atoms with Gasteiger partial charge in [0.25, 0.3) is 5.91 Å². The van der Waals surface area contributed by atoms with E-state index in [9.17, 15) is 9.90 Å². The molecule has 124 valence electrons. The number of rotatable bonds is 8. The van der Waals surface area contributed by atoms with E-state index in [1.165, 1.54) is 6.26 Å². The third-order valence-corrected chi connectivity index (χ3v) is 3.27. The number of carbonyl (C=O) groups is 1. The minimum Gasteiger partial charge on any atom is -0.508 e. The molecule has 1 aromatic heterocycles. The molecule has 0 fully saturated rings. The van der Waals surface area contributed by atoms with Gasteiger partial charge >= 0.3 is 0 Å². The van der Waals surface area contributed by atoms with Crippen molar-refractivity contribution in [2.75, 3.05) is 20.3 Å². The van der Waals surface area contributed by atoms with Gasteiger partial charge in [0.05, 0.1) is 6.04 Å². The van der Waals surface area contributed by atoms with Crippen molar-refractivity contribution in [3.8, 4) is 5.75 Å². The Hall–Kier alpha value is -2.38. The highest BCUT2D eigenvalue weighted by Crippen LogP contribution is 2.17. The van der Waals surface area contributed by atoms with Crippen molar-refractivity contribution in [2.45, 2.75) is 18.9 Å². The molecule has 0 saturated heterocycles. The van der Waals surface area contributed by atoms with E-state index in [4.69, 9.17) is 14.9 Å². The van der Waals surface area contributed by atoms with Crippen molar-refractivity contribution < 1.29 is 19.1 Å². The van der Waals surface area contributed by atoms with Crippen LogP contribution in [-0.2, 0) is 11.2 Å². The number of phenolic OH excluding ortho intramolecular Hbond substituents is 1. The second kappa shape index (κ2) is 8.30. The number of carbonyl (C=O) groups excluding carboxylic acids is 1. The van der Waals surface area contributed by atoms with Gasteiger partial charge in [0.1, 0.15) is 12.0 Å². The van der Waals surface area contributed by atoms with Crippen LogP contribution in [0, 0.1) is 0 Å². The molecule has 7 heteroatoms. The Balaban J connectivity index is 1.90. The zero-order valence-corrected chi connectivity index (χ0v) is 13.0. The predicted octanol–water partition coefficient (Wildman–Crippen LogP) is 1.39. The zero-order chi connectivity index (χ0) is 16.7. The van der Waals surface area contributed by atoms with Crippen LogP contribution in [0.2, 0.25) is 0 Å². The van der Waals surface area contributed by atoms with Crippen LogP contribution in [0.4, 0.5) is 0 Å². The molecule has 0 bridgehead atoms. The molecule has 2 rings (SSSR count). The maximum atomic E-state index is 11.9. The first-order valence-electron chi connectivity index (χ1n) is 7.36. The monoisotopic (exact) mass is 319 g/mol. The first-order chi connectivity index (χ1) is 11.1. The summed E-state index contributed by atoms with van der Waals surface area (Å²) in [5.41, 5.74) is 7.20. The number of ether oxygens (including phenoxy) is 1. The Kier molecular flexibility index (Phi) is 6.13. The van der Waals surface area contributed by atoms with Crippen LogP contribution in [0.5, 0.6) is 5.75 Å². The van der Waals surface area contributed by atoms with Gasteiger partial charge in [-0.3, -0.25) is 4.79 Å². The van der Waals surface area contributed by atoms with E-state index in [2.05, 4.69) is 10.3 Å². The summed E-state index contributed by atoms with van der Waals surface area (Å²) in [6.07, 6.45) is 2.53. The molecule has 0 radical (unpaired) electrons. The molecule has 1 heterocycles. The van der Waals surface area contributed by atoms with Gasteiger partial charge in [-0.25, -0.2) is 4.98 Å². The van der Waals surface area contributed by atoms with Crippen LogP contribution in [0.1, 0.15) is 34.4 Å². The maximum Gasteiger partial charge on any atom is 0.273 e. The molecule has 1 unspecified atom stereocenters. The summed E-state index contributed by atoms with van der Waals surface area (Å²) >= 11 is 0. The van der Waals surface area contributed by atoms with Crippen LogP contribution in [0.3, 0.4) is 0 Å². The number of hydrogen-bond donors (Lipinski definition) is 3. The molecule has 0 spiro atoms. The van der Waals surface area contributed by atoms with E-state index in [1.54, 1.807) is 31.4 Å². The summed E-state index contributed by atoms with van der Waals surface area (Å²) in [5.74, 6) is 0.207. The van der Waals surface area contributed by atoms with Crippen LogP contribution < -0.4 is 11.1 Å². The average Bonchev–Trinajstić information content (AvgIpc) is 3.04. The lowest BCUT2D eigenvalue weighted by atomic mass is 10.1. The van der Waals surface area contributed by atoms with Crippen LogP contribution >= 0.6 is 0 Å². The van der Waals surface area contributed by atoms with Crippen LogP contribution in [-0.4, -0.2) is 36.3 Å². The second-order valence-electron chi connectivity index (χ2n) is 5.15. The second-order valence-corrected chi connectivity index (χ2v) is 5.15. The molecule has 1 amide bonds. The minimum atomic E-state index is -0.463. The van der Waals surface area contributed by atoms with Crippen molar-refractivity contribution in [1.29, 1.82) is 0 Å². The fourth-order valence-electron chi connectivity index (χ4n) is 2.04. The Morgan fingerprint density at radius 2 is 2.17 bits per heavy atom. The Morgan fingerprint density at radius 3 is 2.87 bits per heavy atom. The van der Waals surface area contributed by atoms with E-state index in [0.717, 1.165) is 12.0 Å². The molecule has 0 aliphatic heterocycles. The Labute approximate surface area is 134 Å². The van der Waals surface area contributed by atoms with Gasteiger partial charge in [-0.15, -0.1) is 0 Å². The van der Waals surface area contributed by atoms with Gasteiger partial charge in [-0.1, -0.05) is 12.1 Å². The molecular formula is C16H21N3O4. The molecule has 23 heavy (non-hydrogen) atoms. The maximum absolute atomic E-state index is 11.9. The molecule has 0 saturated carbocycles. The third kappa shape index (κ3) is 5.08.